The maximum atomic E-state index is 11.0. The summed E-state index contributed by atoms with van der Waals surface area (Å²) in [7, 11) is 0. The fourth-order valence-corrected chi connectivity index (χ4v) is 2.01. The quantitative estimate of drug-likeness (QED) is 0.917. The van der Waals surface area contributed by atoms with Gasteiger partial charge < -0.3 is 0 Å². The van der Waals surface area contributed by atoms with Crippen LogP contribution in [0.4, 0.5) is 5.95 Å². The van der Waals surface area contributed by atoms with Crippen LogP contribution in [0.3, 0.4) is 0 Å². The third-order valence-electron chi connectivity index (χ3n) is 2.93. The van der Waals surface area contributed by atoms with Crippen LogP contribution < -0.4 is 5.32 Å². The number of anilines is 1. The smallest absolute Gasteiger partial charge is 0.229 e. The van der Waals surface area contributed by atoms with Gasteiger partial charge in [0.1, 0.15) is 0 Å². The first-order valence-corrected chi connectivity index (χ1v) is 6.22. The number of aromatic nitrogens is 2. The number of hydrogen-bond acceptors (Lipinski definition) is 3. The topological polar surface area (TPSA) is 54.9 Å². The Balaban J connectivity index is 2.29. The molecule has 1 N–H and O–H groups in total. The van der Waals surface area contributed by atoms with E-state index in [9.17, 15) is 4.79 Å². The molecular formula is C15H17N3O. The normalized spacial score (nSPS) is 10.3. The Morgan fingerprint density at radius 1 is 1.11 bits per heavy atom. The van der Waals surface area contributed by atoms with Crippen LogP contribution in [0.25, 0.3) is 0 Å². The monoisotopic (exact) mass is 255 g/mol. The van der Waals surface area contributed by atoms with Crippen LogP contribution in [0.5, 0.6) is 0 Å². The number of amides is 1. The Bertz CT molecular complexity index is 571. The number of rotatable bonds is 3. The lowest BCUT2D eigenvalue weighted by atomic mass is 10.0. The summed E-state index contributed by atoms with van der Waals surface area (Å²) in [4.78, 5) is 19.7. The first-order valence-electron chi connectivity index (χ1n) is 6.22. The molecule has 0 fully saturated rings. The van der Waals surface area contributed by atoms with Gasteiger partial charge in [-0.1, -0.05) is 30.3 Å². The van der Waals surface area contributed by atoms with Crippen molar-refractivity contribution in [3.63, 3.8) is 0 Å². The second kappa shape index (κ2) is 5.61. The number of benzene rings is 1. The highest BCUT2D eigenvalue weighted by Gasteiger charge is 2.09. The van der Waals surface area contributed by atoms with Gasteiger partial charge in [0, 0.05) is 24.7 Å². The summed E-state index contributed by atoms with van der Waals surface area (Å²) in [6, 6.07) is 10.2. The average Bonchev–Trinajstić information content (AvgIpc) is 2.34. The molecule has 0 saturated heterocycles. The zero-order chi connectivity index (χ0) is 13.8. The predicted octanol–water partition coefficient (Wildman–Crippen LogP) is 2.64. The number of aryl methyl sites for hydroxylation is 2. The van der Waals surface area contributed by atoms with Crippen molar-refractivity contribution in [3.05, 3.63) is 52.8 Å². The third kappa shape index (κ3) is 3.37. The summed E-state index contributed by atoms with van der Waals surface area (Å²) in [5, 5.41) is 2.62. The first-order chi connectivity index (χ1) is 9.06. The minimum Gasteiger partial charge on any atom is -0.295 e. The highest BCUT2D eigenvalue weighted by molar-refractivity contribution is 5.86. The van der Waals surface area contributed by atoms with Gasteiger partial charge in [-0.25, -0.2) is 9.97 Å². The van der Waals surface area contributed by atoms with Crippen molar-refractivity contribution in [1.82, 2.24) is 9.97 Å². The lowest BCUT2D eigenvalue weighted by Crippen LogP contribution is -2.12. The van der Waals surface area contributed by atoms with Crippen LogP contribution in [0.1, 0.15) is 29.4 Å². The summed E-state index contributed by atoms with van der Waals surface area (Å²) in [6.07, 6.45) is 0.804. The van der Waals surface area contributed by atoms with E-state index >= 15 is 0 Å². The van der Waals surface area contributed by atoms with Gasteiger partial charge in [0.05, 0.1) is 0 Å². The van der Waals surface area contributed by atoms with Gasteiger partial charge in [-0.2, -0.15) is 0 Å². The number of hydrogen-bond donors (Lipinski definition) is 1. The van der Waals surface area contributed by atoms with E-state index in [0.717, 1.165) is 23.4 Å². The highest BCUT2D eigenvalue weighted by atomic mass is 16.1. The molecule has 19 heavy (non-hydrogen) atoms. The fraction of sp³-hybridized carbons (Fsp3) is 0.267. The molecule has 0 bridgehead atoms. The minimum atomic E-state index is -0.158. The van der Waals surface area contributed by atoms with Crippen molar-refractivity contribution in [1.29, 1.82) is 0 Å². The molecule has 4 heteroatoms. The highest BCUT2D eigenvalue weighted by Crippen LogP contribution is 2.17. The molecule has 0 saturated carbocycles. The van der Waals surface area contributed by atoms with Gasteiger partial charge in [0.15, 0.2) is 0 Å². The van der Waals surface area contributed by atoms with E-state index in [1.54, 1.807) is 0 Å². The molecule has 1 aromatic carbocycles. The summed E-state index contributed by atoms with van der Waals surface area (Å²) in [5.74, 6) is 0.217. The fourth-order valence-electron chi connectivity index (χ4n) is 2.01. The summed E-state index contributed by atoms with van der Waals surface area (Å²) in [6.45, 7) is 5.34. The summed E-state index contributed by atoms with van der Waals surface area (Å²) >= 11 is 0. The van der Waals surface area contributed by atoms with Gasteiger partial charge in [0.25, 0.3) is 0 Å². The van der Waals surface area contributed by atoms with E-state index < -0.39 is 0 Å². The van der Waals surface area contributed by atoms with Crippen molar-refractivity contribution in [2.24, 2.45) is 0 Å². The minimum absolute atomic E-state index is 0.158. The van der Waals surface area contributed by atoms with E-state index in [-0.39, 0.29) is 5.91 Å². The second-order valence-electron chi connectivity index (χ2n) is 4.54. The SMILES string of the molecule is CC(=O)Nc1nc(C)c(Cc2ccccc2)c(C)n1. The maximum absolute atomic E-state index is 11.0. The van der Waals surface area contributed by atoms with Crippen LogP contribution in [0, 0.1) is 13.8 Å². The zero-order valence-electron chi connectivity index (χ0n) is 11.4. The van der Waals surface area contributed by atoms with E-state index in [1.807, 2.05) is 32.0 Å². The lowest BCUT2D eigenvalue weighted by Gasteiger charge is -2.11. The number of nitrogens with zero attached hydrogens (tertiary/aromatic N) is 2. The molecule has 0 spiro atoms. The van der Waals surface area contributed by atoms with Gasteiger partial charge >= 0.3 is 0 Å². The van der Waals surface area contributed by atoms with Crippen LogP contribution in [0.15, 0.2) is 30.3 Å². The molecule has 98 valence electrons. The number of nitrogens with one attached hydrogen (secondary N) is 1. The van der Waals surface area contributed by atoms with Crippen molar-refractivity contribution < 1.29 is 4.79 Å². The van der Waals surface area contributed by atoms with Gasteiger partial charge in [-0.3, -0.25) is 10.1 Å². The zero-order valence-corrected chi connectivity index (χ0v) is 11.4. The molecule has 0 aliphatic carbocycles. The number of carbonyl (C=O) groups excluding carboxylic acids is 1. The maximum Gasteiger partial charge on any atom is 0.229 e. The molecule has 1 amide bonds. The summed E-state index contributed by atoms with van der Waals surface area (Å²) in [5.41, 5.74) is 4.14. The molecule has 4 nitrogen and oxygen atoms in total. The van der Waals surface area contributed by atoms with Crippen molar-refractivity contribution >= 4 is 11.9 Å². The van der Waals surface area contributed by atoms with Crippen molar-refractivity contribution in [2.75, 3.05) is 5.32 Å². The van der Waals surface area contributed by atoms with Gasteiger partial charge in [0.2, 0.25) is 11.9 Å². The third-order valence-corrected chi connectivity index (χ3v) is 2.93. The standard InChI is InChI=1S/C15H17N3O/c1-10-14(9-13-7-5-4-6-8-13)11(2)17-15(16-10)18-12(3)19/h4-8H,9H2,1-3H3,(H,16,17,18,19). The Kier molecular flexibility index (Phi) is 3.90. The molecular weight excluding hydrogens is 238 g/mol. The Morgan fingerprint density at radius 3 is 2.21 bits per heavy atom. The average molecular weight is 255 g/mol. The lowest BCUT2D eigenvalue weighted by molar-refractivity contribution is -0.114. The van der Waals surface area contributed by atoms with E-state index in [2.05, 4.69) is 27.4 Å². The largest absolute Gasteiger partial charge is 0.295 e. The van der Waals surface area contributed by atoms with E-state index in [4.69, 9.17) is 0 Å². The van der Waals surface area contributed by atoms with Crippen LogP contribution in [0.2, 0.25) is 0 Å². The molecule has 0 aliphatic rings. The molecule has 0 aliphatic heterocycles. The molecule has 2 rings (SSSR count). The number of carbonyl (C=O) groups is 1. The molecule has 1 heterocycles. The van der Waals surface area contributed by atoms with Gasteiger partial charge in [-0.15, -0.1) is 0 Å². The van der Waals surface area contributed by atoms with Crippen LogP contribution >= 0.6 is 0 Å². The molecule has 0 unspecified atom stereocenters. The molecule has 0 atom stereocenters. The van der Waals surface area contributed by atoms with E-state index in [1.165, 1.54) is 12.5 Å². The van der Waals surface area contributed by atoms with Crippen LogP contribution in [-0.4, -0.2) is 15.9 Å². The Labute approximate surface area is 112 Å². The van der Waals surface area contributed by atoms with Crippen molar-refractivity contribution in [3.8, 4) is 0 Å². The summed E-state index contributed by atoms with van der Waals surface area (Å²) < 4.78 is 0. The first kappa shape index (κ1) is 13.2. The molecule has 0 radical (unpaired) electrons. The molecule has 2 aromatic rings. The van der Waals surface area contributed by atoms with Gasteiger partial charge in [-0.05, 0) is 25.0 Å². The molecule has 1 aromatic heterocycles. The van der Waals surface area contributed by atoms with Crippen LogP contribution in [-0.2, 0) is 11.2 Å². The van der Waals surface area contributed by atoms with E-state index in [0.29, 0.717) is 5.95 Å². The second-order valence-corrected chi connectivity index (χ2v) is 4.54. The van der Waals surface area contributed by atoms with Crippen molar-refractivity contribution in [2.45, 2.75) is 27.2 Å². The Morgan fingerprint density at radius 2 is 1.68 bits per heavy atom. The predicted molar refractivity (Wildman–Crippen MR) is 75.1 cm³/mol. The Hall–Kier alpha value is -2.23.